The summed E-state index contributed by atoms with van der Waals surface area (Å²) in [4.78, 5) is 17.7. The summed E-state index contributed by atoms with van der Waals surface area (Å²) in [5.74, 6) is -0.585. The van der Waals surface area contributed by atoms with E-state index in [9.17, 15) is 13.6 Å². The van der Waals surface area contributed by atoms with Gasteiger partial charge in [-0.3, -0.25) is 9.69 Å². The number of amides is 1. The molecule has 1 saturated heterocycles. The number of likely N-dealkylation sites (tertiary alicyclic amines) is 1. The zero-order valence-electron chi connectivity index (χ0n) is 14.7. The smallest absolute Gasteiger partial charge is 0.292 e. The van der Waals surface area contributed by atoms with Crippen LogP contribution in [-0.4, -0.2) is 41.1 Å². The molecule has 3 rings (SSSR count). The molecule has 1 atom stereocenters. The van der Waals surface area contributed by atoms with E-state index in [0.29, 0.717) is 24.8 Å². The fourth-order valence-corrected chi connectivity index (χ4v) is 3.36. The molecule has 140 valence electrons. The normalized spacial score (nSPS) is 18.0. The maximum absolute atomic E-state index is 13.8. The molecule has 2 aromatic rings. The van der Waals surface area contributed by atoms with E-state index < -0.39 is 11.6 Å². The predicted octanol–water partition coefficient (Wildman–Crippen LogP) is 2.55. The summed E-state index contributed by atoms with van der Waals surface area (Å²) in [6, 6.07) is 3.98. The average molecular weight is 364 g/mol. The van der Waals surface area contributed by atoms with Gasteiger partial charge in [0.15, 0.2) is 0 Å². The number of rotatable bonds is 6. The van der Waals surface area contributed by atoms with Crippen molar-refractivity contribution >= 4 is 5.91 Å². The van der Waals surface area contributed by atoms with Crippen molar-refractivity contribution < 1.29 is 18.1 Å². The lowest BCUT2D eigenvalue weighted by molar-refractivity contribution is 0.0950. The third kappa shape index (κ3) is 4.43. The zero-order chi connectivity index (χ0) is 18.5. The quantitative estimate of drug-likeness (QED) is 0.853. The standard InChI is InChI=1S/C18H22F2N4O2/c1-21-18(25)17-22-16(26-23-17)11-24-9-3-4-12(10-24)7-8-13-14(19)5-2-6-15(13)20/h2,5-6,12H,3-4,7-11H2,1H3,(H,21,25). The largest absolute Gasteiger partial charge is 0.352 e. The van der Waals surface area contributed by atoms with Crippen LogP contribution in [0.5, 0.6) is 0 Å². The second-order valence-corrected chi connectivity index (χ2v) is 6.57. The third-order valence-corrected chi connectivity index (χ3v) is 4.72. The van der Waals surface area contributed by atoms with Crippen LogP contribution in [0.15, 0.2) is 22.7 Å². The second-order valence-electron chi connectivity index (χ2n) is 6.57. The molecule has 26 heavy (non-hydrogen) atoms. The van der Waals surface area contributed by atoms with E-state index in [-0.39, 0.29) is 17.3 Å². The number of hydrogen-bond donors (Lipinski definition) is 1. The minimum absolute atomic E-state index is 0.0195. The van der Waals surface area contributed by atoms with Gasteiger partial charge in [-0.05, 0) is 50.3 Å². The Morgan fingerprint density at radius 3 is 2.88 bits per heavy atom. The summed E-state index contributed by atoms with van der Waals surface area (Å²) >= 11 is 0. The molecule has 0 spiro atoms. The molecule has 1 unspecified atom stereocenters. The lowest BCUT2D eigenvalue weighted by atomic mass is 9.91. The van der Waals surface area contributed by atoms with Gasteiger partial charge in [-0.1, -0.05) is 11.2 Å². The highest BCUT2D eigenvalue weighted by Gasteiger charge is 2.23. The topological polar surface area (TPSA) is 71.3 Å². The van der Waals surface area contributed by atoms with E-state index in [2.05, 4.69) is 20.4 Å². The Labute approximate surface area is 150 Å². The zero-order valence-corrected chi connectivity index (χ0v) is 14.7. The van der Waals surface area contributed by atoms with E-state index in [1.807, 2.05) is 0 Å². The number of aromatic nitrogens is 2. The molecule has 1 amide bonds. The van der Waals surface area contributed by atoms with Crippen molar-refractivity contribution in [3.63, 3.8) is 0 Å². The molecule has 8 heteroatoms. The Balaban J connectivity index is 1.54. The van der Waals surface area contributed by atoms with Gasteiger partial charge in [0.1, 0.15) is 11.6 Å². The van der Waals surface area contributed by atoms with Crippen molar-refractivity contribution in [2.45, 2.75) is 32.2 Å². The second kappa shape index (κ2) is 8.35. The van der Waals surface area contributed by atoms with Gasteiger partial charge in [0.05, 0.1) is 6.54 Å². The van der Waals surface area contributed by atoms with Crippen molar-refractivity contribution in [3.8, 4) is 0 Å². The monoisotopic (exact) mass is 364 g/mol. The molecular weight excluding hydrogens is 342 g/mol. The molecule has 0 radical (unpaired) electrons. The first-order valence-electron chi connectivity index (χ1n) is 8.76. The number of piperidine rings is 1. The number of nitrogens with zero attached hydrogens (tertiary/aromatic N) is 3. The fraction of sp³-hybridized carbons (Fsp3) is 0.500. The number of carbonyl (C=O) groups excluding carboxylic acids is 1. The van der Waals surface area contributed by atoms with Gasteiger partial charge >= 0.3 is 0 Å². The number of nitrogens with one attached hydrogen (secondary N) is 1. The van der Waals surface area contributed by atoms with E-state index in [1.165, 1.54) is 25.2 Å². The van der Waals surface area contributed by atoms with Crippen LogP contribution >= 0.6 is 0 Å². The maximum Gasteiger partial charge on any atom is 0.292 e. The van der Waals surface area contributed by atoms with Crippen molar-refractivity contribution in [1.29, 1.82) is 0 Å². The summed E-state index contributed by atoms with van der Waals surface area (Å²) in [5, 5.41) is 6.11. The van der Waals surface area contributed by atoms with E-state index in [1.54, 1.807) is 0 Å². The van der Waals surface area contributed by atoms with Crippen molar-refractivity contribution in [1.82, 2.24) is 20.4 Å². The Morgan fingerprint density at radius 2 is 2.15 bits per heavy atom. The highest BCUT2D eigenvalue weighted by Crippen LogP contribution is 2.24. The van der Waals surface area contributed by atoms with E-state index >= 15 is 0 Å². The lowest BCUT2D eigenvalue weighted by Crippen LogP contribution is -2.35. The molecule has 1 aromatic carbocycles. The minimum Gasteiger partial charge on any atom is -0.352 e. The van der Waals surface area contributed by atoms with Gasteiger partial charge in [-0.25, -0.2) is 8.78 Å². The van der Waals surface area contributed by atoms with Gasteiger partial charge in [0, 0.05) is 19.2 Å². The molecule has 1 aromatic heterocycles. The molecule has 0 saturated carbocycles. The van der Waals surface area contributed by atoms with Crippen LogP contribution in [0.3, 0.4) is 0 Å². The van der Waals surface area contributed by atoms with Crippen LogP contribution in [0.4, 0.5) is 8.78 Å². The number of benzene rings is 1. The predicted molar refractivity (Wildman–Crippen MR) is 90.4 cm³/mol. The van der Waals surface area contributed by atoms with Crippen LogP contribution in [0.1, 0.15) is 41.3 Å². The fourth-order valence-electron chi connectivity index (χ4n) is 3.36. The van der Waals surface area contributed by atoms with Gasteiger partial charge in [-0.2, -0.15) is 4.98 Å². The summed E-state index contributed by atoms with van der Waals surface area (Å²) < 4.78 is 32.6. The van der Waals surface area contributed by atoms with Crippen LogP contribution < -0.4 is 5.32 Å². The Hall–Kier alpha value is -2.35. The minimum atomic E-state index is -0.481. The highest BCUT2D eigenvalue weighted by molar-refractivity contribution is 5.89. The third-order valence-electron chi connectivity index (χ3n) is 4.72. The summed E-state index contributed by atoms with van der Waals surface area (Å²) in [5.41, 5.74) is 0.164. The molecule has 2 heterocycles. The van der Waals surface area contributed by atoms with Gasteiger partial charge in [0.2, 0.25) is 5.89 Å². The van der Waals surface area contributed by atoms with Gasteiger partial charge in [0.25, 0.3) is 11.7 Å². The van der Waals surface area contributed by atoms with Crippen LogP contribution in [0, 0.1) is 17.6 Å². The lowest BCUT2D eigenvalue weighted by Gasteiger charge is -2.31. The van der Waals surface area contributed by atoms with E-state index in [0.717, 1.165) is 32.4 Å². The number of carbonyl (C=O) groups is 1. The molecule has 1 N–H and O–H groups in total. The van der Waals surface area contributed by atoms with Crippen molar-refractivity contribution in [3.05, 3.63) is 47.1 Å². The molecule has 0 bridgehead atoms. The van der Waals surface area contributed by atoms with Gasteiger partial charge < -0.3 is 9.84 Å². The Morgan fingerprint density at radius 1 is 1.38 bits per heavy atom. The Kier molecular flexibility index (Phi) is 5.92. The van der Waals surface area contributed by atoms with Gasteiger partial charge in [-0.15, -0.1) is 0 Å². The first kappa shape index (κ1) is 18.4. The molecule has 1 aliphatic rings. The molecule has 6 nitrogen and oxygen atoms in total. The average Bonchev–Trinajstić information content (AvgIpc) is 3.09. The molecule has 1 fully saturated rings. The summed E-state index contributed by atoms with van der Waals surface area (Å²) in [7, 11) is 1.51. The first-order valence-corrected chi connectivity index (χ1v) is 8.76. The van der Waals surface area contributed by atoms with Crippen LogP contribution in [0.25, 0.3) is 0 Å². The van der Waals surface area contributed by atoms with Crippen molar-refractivity contribution in [2.24, 2.45) is 5.92 Å². The van der Waals surface area contributed by atoms with Crippen LogP contribution in [0.2, 0.25) is 0 Å². The van der Waals surface area contributed by atoms with Crippen molar-refractivity contribution in [2.75, 3.05) is 20.1 Å². The maximum atomic E-state index is 13.8. The highest BCUT2D eigenvalue weighted by atomic mass is 19.1. The SMILES string of the molecule is CNC(=O)c1noc(CN2CCCC(CCc3c(F)cccc3F)C2)n1. The summed E-state index contributed by atoms with van der Waals surface area (Å²) in [6.07, 6.45) is 3.14. The first-order chi connectivity index (χ1) is 12.6. The van der Waals surface area contributed by atoms with E-state index in [4.69, 9.17) is 4.52 Å². The van der Waals surface area contributed by atoms with Crippen LogP contribution in [-0.2, 0) is 13.0 Å². The summed E-state index contributed by atoms with van der Waals surface area (Å²) in [6.45, 7) is 2.16. The molecular formula is C18H22F2N4O2. The molecule has 1 aliphatic heterocycles. The Bertz CT molecular complexity index is 745. The number of hydrogen-bond acceptors (Lipinski definition) is 5. The molecule has 0 aliphatic carbocycles. The number of halogens is 2.